The van der Waals surface area contributed by atoms with Crippen molar-refractivity contribution in [1.82, 2.24) is 24.7 Å². The average molecular weight is 607 g/mol. The summed E-state index contributed by atoms with van der Waals surface area (Å²) in [6.45, 7) is 5.27. The largest absolute Gasteiger partial charge is 0.494 e. The predicted molar refractivity (Wildman–Crippen MR) is 149 cm³/mol. The van der Waals surface area contributed by atoms with E-state index < -0.39 is 38.9 Å². The molecule has 2 saturated heterocycles. The summed E-state index contributed by atoms with van der Waals surface area (Å²) in [7, 11) is -0.838. The maximum absolute atomic E-state index is 14.1. The van der Waals surface area contributed by atoms with Crippen molar-refractivity contribution in [1.29, 1.82) is 0 Å². The van der Waals surface area contributed by atoms with Gasteiger partial charge in [0.05, 0.1) is 63.9 Å². The molecular formula is C27H35FN6O7S. The van der Waals surface area contributed by atoms with Gasteiger partial charge >= 0.3 is 0 Å². The number of sulfone groups is 1. The molecule has 0 aliphatic carbocycles. The fourth-order valence-electron chi connectivity index (χ4n) is 5.25. The highest BCUT2D eigenvalue weighted by Gasteiger charge is 2.39. The maximum Gasteiger partial charge on any atom is 0.225 e. The first-order valence-corrected chi connectivity index (χ1v) is 15.4. The van der Waals surface area contributed by atoms with Gasteiger partial charge in [0.25, 0.3) is 0 Å². The molecule has 2 aliphatic rings. The first kappa shape index (κ1) is 30.1. The molecule has 0 spiro atoms. The molecule has 0 radical (unpaired) electrons. The maximum atomic E-state index is 14.1. The average Bonchev–Trinajstić information content (AvgIpc) is 3.39. The number of methoxy groups -OCH3 is 2. The van der Waals surface area contributed by atoms with Gasteiger partial charge in [0, 0.05) is 13.1 Å². The number of nitrogens with zero attached hydrogens (tertiary/aromatic N) is 6. The zero-order valence-electron chi connectivity index (χ0n) is 24.0. The van der Waals surface area contributed by atoms with E-state index in [0.717, 1.165) is 12.4 Å². The summed E-state index contributed by atoms with van der Waals surface area (Å²) < 4.78 is 72.2. The number of rotatable bonds is 10. The molecule has 2 fully saturated rings. The standard InChI is InChI=1S/C27H35FN6O7S/c1-17(2)41-19-10-20(14-33(13-19)27-29-11-18(28)12-30-27)42(35,36)16-24-31-32-26(23-15-39-8-9-40-23)34(24)25-21(37-3)6-5-7-22(25)38-4/h5-7,11-12,17,19-20,23H,8-10,13-16H2,1-4H3/t19-,20+,23-/m0/s1. The summed E-state index contributed by atoms with van der Waals surface area (Å²) >= 11 is 0. The Morgan fingerprint density at radius 1 is 1.07 bits per heavy atom. The van der Waals surface area contributed by atoms with Crippen LogP contribution in [-0.4, -0.2) is 97.7 Å². The predicted octanol–water partition coefficient (Wildman–Crippen LogP) is 2.29. The van der Waals surface area contributed by atoms with Crippen molar-refractivity contribution in [3.05, 3.63) is 48.1 Å². The molecule has 13 nitrogen and oxygen atoms in total. The van der Waals surface area contributed by atoms with Gasteiger partial charge in [0.15, 0.2) is 27.3 Å². The van der Waals surface area contributed by atoms with Gasteiger partial charge in [-0.2, -0.15) is 0 Å². The van der Waals surface area contributed by atoms with Crippen LogP contribution < -0.4 is 14.4 Å². The minimum absolute atomic E-state index is 0.102. The number of anilines is 1. The lowest BCUT2D eigenvalue weighted by atomic mass is 10.1. The fraction of sp³-hybridized carbons (Fsp3) is 0.556. The third-order valence-corrected chi connectivity index (χ3v) is 9.07. The van der Waals surface area contributed by atoms with Gasteiger partial charge in [0.2, 0.25) is 5.95 Å². The van der Waals surface area contributed by atoms with Crippen LogP contribution in [0.4, 0.5) is 10.3 Å². The summed E-state index contributed by atoms with van der Waals surface area (Å²) in [5.41, 5.74) is 0.452. The summed E-state index contributed by atoms with van der Waals surface area (Å²) in [6, 6.07) is 5.26. The lowest BCUT2D eigenvalue weighted by Gasteiger charge is -2.38. The van der Waals surface area contributed by atoms with Gasteiger partial charge in [-0.1, -0.05) is 6.07 Å². The Hall–Kier alpha value is -3.40. The van der Waals surface area contributed by atoms with Crippen molar-refractivity contribution in [2.45, 2.75) is 49.6 Å². The third-order valence-electron chi connectivity index (χ3n) is 7.05. The zero-order valence-corrected chi connectivity index (χ0v) is 24.8. The SMILES string of the molecule is COc1cccc(OC)c1-n1c(CS(=O)(=O)[C@@H]2C[C@H](OC(C)C)CN(c3ncc(F)cn3)C2)nnc1[C@@H]1COCCO1. The highest BCUT2D eigenvalue weighted by atomic mass is 32.2. The lowest BCUT2D eigenvalue weighted by molar-refractivity contribution is -0.0942. The van der Waals surface area contributed by atoms with Crippen LogP contribution in [0.2, 0.25) is 0 Å². The Kier molecular flexibility index (Phi) is 9.20. The van der Waals surface area contributed by atoms with E-state index in [2.05, 4.69) is 20.2 Å². The molecule has 0 amide bonds. The van der Waals surface area contributed by atoms with Crippen molar-refractivity contribution in [2.24, 2.45) is 0 Å². The van der Waals surface area contributed by atoms with Gasteiger partial charge in [-0.15, -0.1) is 10.2 Å². The molecule has 3 aromatic rings. The quantitative estimate of drug-likeness (QED) is 0.334. The van der Waals surface area contributed by atoms with Crippen LogP contribution >= 0.6 is 0 Å². The topological polar surface area (TPSA) is 140 Å². The van der Waals surface area contributed by atoms with Crippen LogP contribution in [0, 0.1) is 5.82 Å². The molecule has 5 rings (SSSR count). The monoisotopic (exact) mass is 606 g/mol. The molecule has 0 saturated carbocycles. The molecule has 2 aromatic heterocycles. The first-order valence-electron chi connectivity index (χ1n) is 13.6. The second kappa shape index (κ2) is 12.9. The Labute approximate surface area is 243 Å². The van der Waals surface area contributed by atoms with Gasteiger partial charge in [-0.25, -0.2) is 22.8 Å². The van der Waals surface area contributed by atoms with E-state index in [4.69, 9.17) is 23.7 Å². The van der Waals surface area contributed by atoms with Crippen LogP contribution in [0.3, 0.4) is 0 Å². The number of benzene rings is 1. The Bertz CT molecular complexity index is 1440. The van der Waals surface area contributed by atoms with Crippen molar-refractivity contribution < 1.29 is 36.5 Å². The van der Waals surface area contributed by atoms with Crippen LogP contribution in [-0.2, 0) is 29.8 Å². The number of halogens is 1. The third kappa shape index (κ3) is 6.48. The van der Waals surface area contributed by atoms with E-state index in [1.54, 1.807) is 27.7 Å². The molecule has 15 heteroatoms. The van der Waals surface area contributed by atoms with E-state index in [1.807, 2.05) is 13.8 Å². The molecule has 3 atom stereocenters. The van der Waals surface area contributed by atoms with Gasteiger partial charge in [0.1, 0.15) is 29.0 Å². The highest BCUT2D eigenvalue weighted by Crippen LogP contribution is 2.37. The van der Waals surface area contributed by atoms with E-state index in [0.29, 0.717) is 42.8 Å². The second-order valence-corrected chi connectivity index (χ2v) is 12.6. The molecule has 1 aromatic carbocycles. The number of hydrogen-bond donors (Lipinski definition) is 0. The van der Waals surface area contributed by atoms with Crippen LogP contribution in [0.15, 0.2) is 30.6 Å². The summed E-state index contributed by atoms with van der Waals surface area (Å²) in [5, 5.41) is 7.84. The zero-order chi connectivity index (χ0) is 29.9. The Morgan fingerprint density at radius 3 is 2.40 bits per heavy atom. The first-order chi connectivity index (χ1) is 20.2. The molecule has 42 heavy (non-hydrogen) atoms. The summed E-state index contributed by atoms with van der Waals surface area (Å²) in [4.78, 5) is 9.86. The van der Waals surface area contributed by atoms with Gasteiger partial charge in [-0.3, -0.25) is 4.57 Å². The van der Waals surface area contributed by atoms with Crippen molar-refractivity contribution in [3.8, 4) is 17.2 Å². The summed E-state index contributed by atoms with van der Waals surface area (Å²) in [6.07, 6.45) is 1.25. The molecule has 228 valence electrons. The smallest absolute Gasteiger partial charge is 0.225 e. The Morgan fingerprint density at radius 2 is 1.79 bits per heavy atom. The van der Waals surface area contributed by atoms with E-state index >= 15 is 0 Å². The number of hydrogen-bond acceptors (Lipinski definition) is 12. The normalized spacial score (nSPS) is 21.5. The highest BCUT2D eigenvalue weighted by molar-refractivity contribution is 7.91. The molecule has 0 bridgehead atoms. The fourth-order valence-corrected chi connectivity index (χ4v) is 6.94. The number of ether oxygens (including phenoxy) is 5. The molecular weight excluding hydrogens is 571 g/mol. The van der Waals surface area contributed by atoms with Gasteiger partial charge in [-0.05, 0) is 32.4 Å². The minimum Gasteiger partial charge on any atom is -0.494 e. The van der Waals surface area contributed by atoms with Crippen molar-refractivity contribution >= 4 is 15.8 Å². The van der Waals surface area contributed by atoms with Crippen LogP contribution in [0.5, 0.6) is 11.5 Å². The van der Waals surface area contributed by atoms with E-state index in [9.17, 15) is 12.8 Å². The Balaban J connectivity index is 1.53. The van der Waals surface area contributed by atoms with Crippen molar-refractivity contribution in [3.63, 3.8) is 0 Å². The van der Waals surface area contributed by atoms with Crippen LogP contribution in [0.25, 0.3) is 5.69 Å². The number of para-hydroxylation sites is 1. The minimum atomic E-state index is -3.87. The van der Waals surface area contributed by atoms with Crippen LogP contribution in [0.1, 0.15) is 38.0 Å². The van der Waals surface area contributed by atoms with Crippen molar-refractivity contribution in [2.75, 3.05) is 52.0 Å². The number of aromatic nitrogens is 5. The van der Waals surface area contributed by atoms with E-state index in [-0.39, 0.29) is 37.4 Å². The second-order valence-electron chi connectivity index (χ2n) is 10.3. The number of piperidine rings is 1. The molecule has 0 unspecified atom stereocenters. The lowest BCUT2D eigenvalue weighted by Crippen LogP contribution is -2.51. The van der Waals surface area contributed by atoms with E-state index in [1.165, 1.54) is 14.2 Å². The molecule has 2 aliphatic heterocycles. The van der Waals surface area contributed by atoms with Gasteiger partial charge < -0.3 is 28.6 Å². The molecule has 0 N–H and O–H groups in total. The molecule has 4 heterocycles. The summed E-state index contributed by atoms with van der Waals surface area (Å²) in [5.74, 6) is 0.622.